The van der Waals surface area contributed by atoms with Gasteiger partial charge in [-0.2, -0.15) is 0 Å². The standard InChI is InChI=1S/C15H24ClN3O/c1-10(2)13-18-12(16)11(3)14(19-13)17-8-15(9-20)6-4-5-7-15/h10,20H,4-9H2,1-3H3,(H,17,18,19). The van der Waals surface area contributed by atoms with Gasteiger partial charge in [0.15, 0.2) is 0 Å². The average molecular weight is 298 g/mol. The lowest BCUT2D eigenvalue weighted by molar-refractivity contribution is 0.142. The molecule has 1 aromatic heterocycles. The Morgan fingerprint density at radius 1 is 1.30 bits per heavy atom. The van der Waals surface area contributed by atoms with Crippen molar-refractivity contribution in [2.75, 3.05) is 18.5 Å². The predicted octanol–water partition coefficient (Wildman–Crippen LogP) is 3.53. The Balaban J connectivity index is 2.16. The van der Waals surface area contributed by atoms with E-state index in [2.05, 4.69) is 29.1 Å². The van der Waals surface area contributed by atoms with Crippen LogP contribution in [-0.2, 0) is 0 Å². The van der Waals surface area contributed by atoms with Crippen LogP contribution in [0.25, 0.3) is 0 Å². The molecular weight excluding hydrogens is 274 g/mol. The van der Waals surface area contributed by atoms with Gasteiger partial charge in [0, 0.05) is 23.4 Å². The van der Waals surface area contributed by atoms with Crippen molar-refractivity contribution in [2.45, 2.75) is 52.4 Å². The molecule has 0 amide bonds. The number of aromatic nitrogens is 2. The van der Waals surface area contributed by atoms with Crippen LogP contribution in [0.2, 0.25) is 5.15 Å². The molecule has 1 heterocycles. The lowest BCUT2D eigenvalue weighted by Gasteiger charge is -2.27. The summed E-state index contributed by atoms with van der Waals surface area (Å²) in [5, 5.41) is 13.6. The minimum absolute atomic E-state index is 0.00185. The Bertz CT molecular complexity index is 470. The second-order valence-electron chi connectivity index (χ2n) is 6.22. The number of hydrogen-bond donors (Lipinski definition) is 2. The number of rotatable bonds is 5. The molecule has 20 heavy (non-hydrogen) atoms. The number of halogens is 1. The molecule has 1 fully saturated rings. The number of hydrogen-bond acceptors (Lipinski definition) is 4. The summed E-state index contributed by atoms with van der Waals surface area (Å²) in [6, 6.07) is 0. The number of nitrogens with zero attached hydrogens (tertiary/aromatic N) is 2. The van der Waals surface area contributed by atoms with E-state index in [-0.39, 0.29) is 17.9 Å². The SMILES string of the molecule is Cc1c(Cl)nc(C(C)C)nc1NCC1(CO)CCCC1. The maximum absolute atomic E-state index is 9.66. The molecule has 0 aliphatic heterocycles. The lowest BCUT2D eigenvalue weighted by Crippen LogP contribution is -2.31. The monoisotopic (exact) mass is 297 g/mol. The summed E-state index contributed by atoms with van der Waals surface area (Å²) in [4.78, 5) is 8.89. The molecule has 0 saturated heterocycles. The number of nitrogens with one attached hydrogen (secondary N) is 1. The molecule has 0 spiro atoms. The van der Waals surface area contributed by atoms with Crippen LogP contribution >= 0.6 is 11.6 Å². The smallest absolute Gasteiger partial charge is 0.137 e. The zero-order chi connectivity index (χ0) is 14.8. The van der Waals surface area contributed by atoms with Crippen molar-refractivity contribution in [1.82, 2.24) is 9.97 Å². The summed E-state index contributed by atoms with van der Waals surface area (Å²) in [7, 11) is 0. The Hall–Kier alpha value is -0.870. The van der Waals surface area contributed by atoms with Gasteiger partial charge in [0.25, 0.3) is 0 Å². The topological polar surface area (TPSA) is 58.0 Å². The van der Waals surface area contributed by atoms with E-state index in [1.165, 1.54) is 12.8 Å². The highest BCUT2D eigenvalue weighted by atomic mass is 35.5. The average Bonchev–Trinajstić information content (AvgIpc) is 2.89. The second kappa shape index (κ2) is 6.27. The highest BCUT2D eigenvalue weighted by Gasteiger charge is 2.33. The molecule has 1 aliphatic carbocycles. The number of aliphatic hydroxyl groups is 1. The molecular formula is C15H24ClN3O. The van der Waals surface area contributed by atoms with E-state index in [9.17, 15) is 5.11 Å². The summed E-state index contributed by atoms with van der Waals surface area (Å²) in [5.74, 6) is 1.80. The molecule has 0 unspecified atom stereocenters. The first-order chi connectivity index (χ1) is 9.47. The van der Waals surface area contributed by atoms with Gasteiger partial charge in [-0.25, -0.2) is 9.97 Å². The quantitative estimate of drug-likeness (QED) is 0.816. The first kappa shape index (κ1) is 15.5. The van der Waals surface area contributed by atoms with Crippen LogP contribution in [0.15, 0.2) is 0 Å². The van der Waals surface area contributed by atoms with E-state index in [1.54, 1.807) is 0 Å². The predicted molar refractivity (Wildman–Crippen MR) is 82.3 cm³/mol. The molecule has 2 N–H and O–H groups in total. The first-order valence-electron chi connectivity index (χ1n) is 7.36. The zero-order valence-corrected chi connectivity index (χ0v) is 13.3. The normalized spacial score (nSPS) is 17.7. The lowest BCUT2D eigenvalue weighted by atomic mass is 9.87. The van der Waals surface area contributed by atoms with Crippen molar-refractivity contribution in [3.05, 3.63) is 16.5 Å². The molecule has 4 nitrogen and oxygen atoms in total. The van der Waals surface area contributed by atoms with Gasteiger partial charge in [-0.15, -0.1) is 0 Å². The van der Waals surface area contributed by atoms with E-state index in [1.807, 2.05) is 6.92 Å². The fourth-order valence-electron chi connectivity index (χ4n) is 2.72. The van der Waals surface area contributed by atoms with Crippen molar-refractivity contribution in [3.8, 4) is 0 Å². The minimum atomic E-state index is 0.00185. The number of anilines is 1. The highest BCUT2D eigenvalue weighted by Crippen LogP contribution is 2.38. The molecule has 0 atom stereocenters. The molecule has 0 bridgehead atoms. The molecule has 1 aromatic rings. The second-order valence-corrected chi connectivity index (χ2v) is 6.58. The van der Waals surface area contributed by atoms with Crippen molar-refractivity contribution in [2.24, 2.45) is 5.41 Å². The van der Waals surface area contributed by atoms with Gasteiger partial charge in [-0.05, 0) is 19.8 Å². The zero-order valence-electron chi connectivity index (χ0n) is 12.5. The summed E-state index contributed by atoms with van der Waals surface area (Å²) in [6.45, 7) is 7.01. The van der Waals surface area contributed by atoms with E-state index < -0.39 is 0 Å². The van der Waals surface area contributed by atoms with E-state index in [0.29, 0.717) is 5.15 Å². The molecule has 112 valence electrons. The third kappa shape index (κ3) is 3.23. The first-order valence-corrected chi connectivity index (χ1v) is 7.74. The molecule has 0 radical (unpaired) electrons. The fourth-order valence-corrected chi connectivity index (χ4v) is 2.90. The third-order valence-electron chi connectivity index (χ3n) is 4.25. The summed E-state index contributed by atoms with van der Waals surface area (Å²) in [5.41, 5.74) is 0.879. The van der Waals surface area contributed by atoms with Crippen LogP contribution in [0.1, 0.15) is 56.8 Å². The largest absolute Gasteiger partial charge is 0.396 e. The van der Waals surface area contributed by atoms with Gasteiger partial charge in [-0.3, -0.25) is 0 Å². The van der Waals surface area contributed by atoms with Crippen LogP contribution in [-0.4, -0.2) is 28.2 Å². The van der Waals surface area contributed by atoms with Crippen molar-refractivity contribution >= 4 is 17.4 Å². The van der Waals surface area contributed by atoms with Crippen LogP contribution in [0.3, 0.4) is 0 Å². The maximum Gasteiger partial charge on any atom is 0.137 e. The van der Waals surface area contributed by atoms with Crippen LogP contribution in [0, 0.1) is 12.3 Å². The molecule has 0 aromatic carbocycles. The van der Waals surface area contributed by atoms with Crippen LogP contribution in [0.4, 0.5) is 5.82 Å². The van der Waals surface area contributed by atoms with Gasteiger partial charge in [0.05, 0.1) is 6.61 Å². The van der Waals surface area contributed by atoms with Gasteiger partial charge < -0.3 is 10.4 Å². The van der Waals surface area contributed by atoms with E-state index >= 15 is 0 Å². The molecule has 2 rings (SSSR count). The Morgan fingerprint density at radius 3 is 2.50 bits per heavy atom. The fraction of sp³-hybridized carbons (Fsp3) is 0.733. The highest BCUT2D eigenvalue weighted by molar-refractivity contribution is 6.30. The van der Waals surface area contributed by atoms with Crippen molar-refractivity contribution in [3.63, 3.8) is 0 Å². The minimum Gasteiger partial charge on any atom is -0.396 e. The van der Waals surface area contributed by atoms with Crippen molar-refractivity contribution in [1.29, 1.82) is 0 Å². The molecule has 1 saturated carbocycles. The van der Waals surface area contributed by atoms with Crippen LogP contribution < -0.4 is 5.32 Å². The Kier molecular flexibility index (Phi) is 4.86. The van der Waals surface area contributed by atoms with Gasteiger partial charge in [0.1, 0.15) is 16.8 Å². The summed E-state index contributed by atoms with van der Waals surface area (Å²) >= 11 is 6.19. The Labute approximate surface area is 126 Å². The molecule has 1 aliphatic rings. The van der Waals surface area contributed by atoms with Gasteiger partial charge in [0.2, 0.25) is 0 Å². The maximum atomic E-state index is 9.66. The molecule has 5 heteroatoms. The summed E-state index contributed by atoms with van der Waals surface area (Å²) in [6.07, 6.45) is 4.54. The summed E-state index contributed by atoms with van der Waals surface area (Å²) < 4.78 is 0. The van der Waals surface area contributed by atoms with Gasteiger partial charge >= 0.3 is 0 Å². The van der Waals surface area contributed by atoms with Gasteiger partial charge in [-0.1, -0.05) is 38.3 Å². The van der Waals surface area contributed by atoms with Crippen LogP contribution in [0.5, 0.6) is 0 Å². The third-order valence-corrected chi connectivity index (χ3v) is 4.62. The van der Waals surface area contributed by atoms with E-state index in [0.717, 1.165) is 36.6 Å². The number of aliphatic hydroxyl groups excluding tert-OH is 1. The Morgan fingerprint density at radius 2 is 1.95 bits per heavy atom. The van der Waals surface area contributed by atoms with E-state index in [4.69, 9.17) is 11.6 Å². The van der Waals surface area contributed by atoms with Crippen molar-refractivity contribution < 1.29 is 5.11 Å².